The summed E-state index contributed by atoms with van der Waals surface area (Å²) in [5.74, 6) is 0.841. The Morgan fingerprint density at radius 1 is 1.17 bits per heavy atom. The number of furan rings is 1. The lowest BCUT2D eigenvalue weighted by molar-refractivity contribution is -0.138. The van der Waals surface area contributed by atoms with Gasteiger partial charge in [0.2, 0.25) is 0 Å². The third kappa shape index (κ3) is 2.96. The smallest absolute Gasteiger partial charge is 0.277 e. The van der Waals surface area contributed by atoms with Gasteiger partial charge in [0.15, 0.2) is 0 Å². The van der Waals surface area contributed by atoms with Gasteiger partial charge in [-0.15, -0.1) is 0 Å². The monoisotopic (exact) mass is 328 g/mol. The van der Waals surface area contributed by atoms with Crippen LogP contribution in [0.5, 0.6) is 11.5 Å². The number of hydrogen-bond acceptors (Lipinski definition) is 6. The average molecular weight is 328 g/mol. The highest BCUT2D eigenvalue weighted by Crippen LogP contribution is 2.31. The van der Waals surface area contributed by atoms with Crippen LogP contribution in [-0.4, -0.2) is 30.9 Å². The van der Waals surface area contributed by atoms with Gasteiger partial charge in [-0.2, -0.15) is 0 Å². The zero-order valence-electron chi connectivity index (χ0n) is 13.2. The van der Waals surface area contributed by atoms with Crippen molar-refractivity contribution in [2.45, 2.75) is 6.54 Å². The van der Waals surface area contributed by atoms with Crippen LogP contribution in [-0.2, 0) is 16.1 Å². The Hall–Kier alpha value is -3.22. The van der Waals surface area contributed by atoms with E-state index in [1.807, 2.05) is 0 Å². The normalized spacial score (nSPS) is 13.9. The largest absolute Gasteiger partial charge is 0.497 e. The van der Waals surface area contributed by atoms with Gasteiger partial charge in [0, 0.05) is 12.1 Å². The summed E-state index contributed by atoms with van der Waals surface area (Å²) in [4.78, 5) is 25.6. The Kier molecular flexibility index (Phi) is 4.24. The number of imide groups is 1. The maximum Gasteiger partial charge on any atom is 0.277 e. The highest BCUT2D eigenvalue weighted by Gasteiger charge is 2.32. The molecule has 7 heteroatoms. The van der Waals surface area contributed by atoms with Crippen LogP contribution in [0.15, 0.2) is 52.8 Å². The average Bonchev–Trinajstić information content (AvgIpc) is 3.19. The molecule has 24 heavy (non-hydrogen) atoms. The Balaban J connectivity index is 1.77. The number of carbonyl (C=O) groups is 2. The van der Waals surface area contributed by atoms with Gasteiger partial charge in [0.25, 0.3) is 11.8 Å². The van der Waals surface area contributed by atoms with Crippen molar-refractivity contribution >= 4 is 17.5 Å². The highest BCUT2D eigenvalue weighted by molar-refractivity contribution is 6.17. The summed E-state index contributed by atoms with van der Waals surface area (Å²) in [5, 5.41) is 2.94. The van der Waals surface area contributed by atoms with Gasteiger partial charge in [-0.25, -0.2) is 0 Å². The van der Waals surface area contributed by atoms with Gasteiger partial charge in [0.1, 0.15) is 23.0 Å². The molecule has 2 heterocycles. The molecule has 3 rings (SSSR count). The SMILES string of the molecule is COc1ccc(NC2=CC(=O)N(Cc3ccco3)C2=O)c(OC)c1. The van der Waals surface area contributed by atoms with E-state index in [-0.39, 0.29) is 12.2 Å². The zero-order valence-corrected chi connectivity index (χ0v) is 13.2. The number of ether oxygens (including phenoxy) is 2. The van der Waals surface area contributed by atoms with Crippen LogP contribution in [0.2, 0.25) is 0 Å². The van der Waals surface area contributed by atoms with Crippen molar-refractivity contribution in [2.24, 2.45) is 0 Å². The molecule has 0 saturated heterocycles. The van der Waals surface area contributed by atoms with Crippen LogP contribution in [0, 0.1) is 0 Å². The van der Waals surface area contributed by atoms with Crippen molar-refractivity contribution in [1.29, 1.82) is 0 Å². The minimum absolute atomic E-state index is 0.0894. The van der Waals surface area contributed by atoms with E-state index >= 15 is 0 Å². The lowest BCUT2D eigenvalue weighted by Crippen LogP contribution is -2.31. The maximum atomic E-state index is 12.4. The van der Waals surface area contributed by atoms with Crippen LogP contribution in [0.4, 0.5) is 5.69 Å². The molecule has 0 unspecified atom stereocenters. The molecule has 1 aromatic heterocycles. The van der Waals surface area contributed by atoms with Gasteiger partial charge in [-0.05, 0) is 24.3 Å². The summed E-state index contributed by atoms with van der Waals surface area (Å²) in [6.07, 6.45) is 2.75. The van der Waals surface area contributed by atoms with Crippen molar-refractivity contribution in [3.63, 3.8) is 0 Å². The van der Waals surface area contributed by atoms with E-state index in [1.165, 1.54) is 19.4 Å². The van der Waals surface area contributed by atoms with E-state index < -0.39 is 11.8 Å². The van der Waals surface area contributed by atoms with E-state index in [0.29, 0.717) is 22.9 Å². The fourth-order valence-corrected chi connectivity index (χ4v) is 2.35. The summed E-state index contributed by atoms with van der Waals surface area (Å²) in [5.41, 5.74) is 0.737. The van der Waals surface area contributed by atoms with E-state index in [2.05, 4.69) is 5.32 Å². The molecule has 0 atom stereocenters. The van der Waals surface area contributed by atoms with Crippen molar-refractivity contribution in [2.75, 3.05) is 19.5 Å². The first-order valence-corrected chi connectivity index (χ1v) is 7.21. The Morgan fingerprint density at radius 3 is 2.67 bits per heavy atom. The third-order valence-electron chi connectivity index (χ3n) is 3.58. The van der Waals surface area contributed by atoms with Crippen LogP contribution in [0.25, 0.3) is 0 Å². The second-order valence-corrected chi connectivity index (χ2v) is 5.06. The Labute approximate surface area is 138 Å². The van der Waals surface area contributed by atoms with Gasteiger partial charge < -0.3 is 19.2 Å². The van der Waals surface area contributed by atoms with E-state index in [0.717, 1.165) is 4.90 Å². The number of benzene rings is 1. The Bertz CT molecular complexity index is 795. The molecule has 1 aromatic carbocycles. The molecule has 1 N–H and O–H groups in total. The number of methoxy groups -OCH3 is 2. The summed E-state index contributed by atoms with van der Waals surface area (Å²) < 4.78 is 15.6. The quantitative estimate of drug-likeness (QED) is 0.819. The lowest BCUT2D eigenvalue weighted by Gasteiger charge is -2.15. The van der Waals surface area contributed by atoms with Crippen LogP contribution in [0.1, 0.15) is 5.76 Å². The summed E-state index contributed by atoms with van der Waals surface area (Å²) in [7, 11) is 3.06. The summed E-state index contributed by atoms with van der Waals surface area (Å²) >= 11 is 0. The number of rotatable bonds is 6. The minimum Gasteiger partial charge on any atom is -0.497 e. The van der Waals surface area contributed by atoms with Crippen molar-refractivity contribution in [3.8, 4) is 11.5 Å². The first-order valence-electron chi connectivity index (χ1n) is 7.21. The molecule has 1 aliphatic heterocycles. The number of nitrogens with one attached hydrogen (secondary N) is 1. The number of anilines is 1. The topological polar surface area (TPSA) is 81.0 Å². The molecular weight excluding hydrogens is 312 g/mol. The zero-order chi connectivity index (χ0) is 17.1. The second kappa shape index (κ2) is 6.49. The molecule has 2 amide bonds. The fourth-order valence-electron chi connectivity index (χ4n) is 2.35. The van der Waals surface area contributed by atoms with Crippen LogP contribution in [0.3, 0.4) is 0 Å². The number of carbonyl (C=O) groups excluding carboxylic acids is 2. The standard InChI is InChI=1S/C17H16N2O5/c1-22-11-5-6-13(15(8-11)23-2)18-14-9-16(20)19(17(14)21)10-12-4-3-7-24-12/h3-9,18H,10H2,1-2H3. The molecule has 0 radical (unpaired) electrons. The molecule has 7 nitrogen and oxygen atoms in total. The molecule has 0 aliphatic carbocycles. The van der Waals surface area contributed by atoms with E-state index in [4.69, 9.17) is 13.9 Å². The maximum absolute atomic E-state index is 12.4. The minimum atomic E-state index is -0.422. The predicted molar refractivity (Wildman–Crippen MR) is 85.5 cm³/mol. The molecule has 0 bridgehead atoms. The van der Waals surface area contributed by atoms with Gasteiger partial charge in [-0.1, -0.05) is 0 Å². The first-order chi connectivity index (χ1) is 11.6. The van der Waals surface area contributed by atoms with Gasteiger partial charge in [0.05, 0.1) is 32.7 Å². The van der Waals surface area contributed by atoms with Gasteiger partial charge >= 0.3 is 0 Å². The second-order valence-electron chi connectivity index (χ2n) is 5.06. The fraction of sp³-hybridized carbons (Fsp3) is 0.176. The molecule has 0 saturated carbocycles. The van der Waals surface area contributed by atoms with Gasteiger partial charge in [-0.3, -0.25) is 14.5 Å². The number of nitrogens with zero attached hydrogens (tertiary/aromatic N) is 1. The van der Waals surface area contributed by atoms with Crippen molar-refractivity contribution in [3.05, 3.63) is 54.1 Å². The molecule has 0 spiro atoms. The van der Waals surface area contributed by atoms with E-state index in [9.17, 15) is 9.59 Å². The summed E-state index contributed by atoms with van der Waals surface area (Å²) in [6, 6.07) is 8.54. The molecule has 2 aromatic rings. The molecular formula is C17H16N2O5. The molecule has 1 aliphatic rings. The summed E-state index contributed by atoms with van der Waals surface area (Å²) in [6.45, 7) is 0.0894. The molecule has 0 fully saturated rings. The van der Waals surface area contributed by atoms with Crippen LogP contribution >= 0.6 is 0 Å². The van der Waals surface area contributed by atoms with Crippen molar-refractivity contribution < 1.29 is 23.5 Å². The van der Waals surface area contributed by atoms with Crippen molar-refractivity contribution in [1.82, 2.24) is 4.90 Å². The van der Waals surface area contributed by atoms with Crippen LogP contribution < -0.4 is 14.8 Å². The third-order valence-corrected chi connectivity index (χ3v) is 3.58. The predicted octanol–water partition coefficient (Wildman–Crippen LogP) is 2.16. The highest BCUT2D eigenvalue weighted by atomic mass is 16.5. The number of hydrogen-bond donors (Lipinski definition) is 1. The number of amides is 2. The first kappa shape index (κ1) is 15.7. The van der Waals surface area contributed by atoms with E-state index in [1.54, 1.807) is 37.4 Å². The Morgan fingerprint density at radius 2 is 2.00 bits per heavy atom. The molecule has 124 valence electrons. The lowest BCUT2D eigenvalue weighted by atomic mass is 10.2.